The number of benzene rings is 1. The van der Waals surface area contributed by atoms with E-state index in [9.17, 15) is 13.6 Å². The molecule has 1 aliphatic heterocycles. The van der Waals surface area contributed by atoms with E-state index in [-0.39, 0.29) is 17.3 Å². The molecule has 0 spiro atoms. The molecule has 3 rings (SSSR count). The maximum Gasteiger partial charge on any atom is 0.267 e. The number of aromatic nitrogens is 1. The largest absolute Gasteiger partial charge is 0.403 e. The number of hydrazine groups is 1. The van der Waals surface area contributed by atoms with Gasteiger partial charge in [-0.15, -0.1) is 0 Å². The number of likely N-dealkylation sites (N-methyl/N-ethyl adjacent to an activating group) is 1. The number of primary amides is 1. The number of nitrogens with zero attached hydrogens (tertiary/aromatic N) is 3. The summed E-state index contributed by atoms with van der Waals surface area (Å²) >= 11 is 0. The molecule has 0 bridgehead atoms. The number of pyridine rings is 1. The van der Waals surface area contributed by atoms with Crippen molar-refractivity contribution in [3.05, 3.63) is 64.7 Å². The number of nitrogens with two attached hydrogens (primary N) is 3. The first-order valence-corrected chi connectivity index (χ1v) is 9.15. The van der Waals surface area contributed by atoms with Crippen molar-refractivity contribution >= 4 is 5.91 Å². The average Bonchev–Trinajstić information content (AvgIpc) is 2.67. The SMILES string of the molecule is C[C@H](/C(=C/N)N(C)N)N1CCc2c(-c3ccc(F)cc3F)cc(C(N)=O)nc2C1. The molecule has 6 N–H and O–H groups in total. The lowest BCUT2D eigenvalue weighted by Crippen LogP contribution is -2.44. The van der Waals surface area contributed by atoms with Crippen LogP contribution in [0.5, 0.6) is 0 Å². The van der Waals surface area contributed by atoms with Crippen LogP contribution in [0.25, 0.3) is 11.1 Å². The van der Waals surface area contributed by atoms with Gasteiger partial charge in [-0.25, -0.2) is 19.6 Å². The number of fused-ring (bicyclic) bond motifs is 1. The summed E-state index contributed by atoms with van der Waals surface area (Å²) in [6, 6.07) is 4.72. The van der Waals surface area contributed by atoms with Crippen molar-refractivity contribution in [3.8, 4) is 11.1 Å². The Balaban J connectivity index is 2.06. The van der Waals surface area contributed by atoms with E-state index in [1.807, 2.05) is 6.92 Å². The van der Waals surface area contributed by atoms with Gasteiger partial charge in [-0.2, -0.15) is 0 Å². The number of hydrogen-bond acceptors (Lipinski definition) is 6. The molecule has 2 heterocycles. The highest BCUT2D eigenvalue weighted by atomic mass is 19.1. The van der Waals surface area contributed by atoms with E-state index in [0.717, 1.165) is 17.3 Å². The van der Waals surface area contributed by atoms with Crippen molar-refractivity contribution in [1.82, 2.24) is 14.9 Å². The van der Waals surface area contributed by atoms with E-state index in [4.69, 9.17) is 17.3 Å². The Bertz CT molecular complexity index is 976. The van der Waals surface area contributed by atoms with Crippen molar-refractivity contribution in [2.45, 2.75) is 25.9 Å². The fourth-order valence-corrected chi connectivity index (χ4v) is 3.70. The van der Waals surface area contributed by atoms with Crippen LogP contribution in [0, 0.1) is 11.6 Å². The summed E-state index contributed by atoms with van der Waals surface area (Å²) in [4.78, 5) is 18.3. The Morgan fingerprint density at radius 2 is 2.03 bits per heavy atom. The molecule has 29 heavy (non-hydrogen) atoms. The monoisotopic (exact) mass is 402 g/mol. The molecule has 0 unspecified atom stereocenters. The van der Waals surface area contributed by atoms with Gasteiger partial charge in [-0.1, -0.05) is 0 Å². The maximum atomic E-state index is 14.5. The van der Waals surface area contributed by atoms with Gasteiger partial charge in [-0.3, -0.25) is 9.69 Å². The lowest BCUT2D eigenvalue weighted by atomic mass is 9.92. The van der Waals surface area contributed by atoms with Gasteiger partial charge in [0.25, 0.3) is 5.91 Å². The first kappa shape index (κ1) is 20.7. The number of amides is 1. The van der Waals surface area contributed by atoms with Gasteiger partial charge in [0.05, 0.1) is 17.4 Å². The highest BCUT2D eigenvalue weighted by Crippen LogP contribution is 2.33. The van der Waals surface area contributed by atoms with Crippen molar-refractivity contribution in [2.75, 3.05) is 13.6 Å². The summed E-state index contributed by atoms with van der Waals surface area (Å²) < 4.78 is 27.8. The summed E-state index contributed by atoms with van der Waals surface area (Å²) in [6.45, 7) is 3.01. The normalized spacial score (nSPS) is 15.7. The Labute approximate surface area is 167 Å². The second-order valence-corrected chi connectivity index (χ2v) is 7.07. The number of carbonyl (C=O) groups excluding carboxylic acids is 1. The van der Waals surface area contributed by atoms with Crippen LogP contribution in [0.3, 0.4) is 0 Å². The lowest BCUT2D eigenvalue weighted by molar-refractivity contribution is 0.0994. The van der Waals surface area contributed by atoms with Crippen LogP contribution >= 0.6 is 0 Å². The summed E-state index contributed by atoms with van der Waals surface area (Å²) in [5, 5.41) is 1.45. The third-order valence-electron chi connectivity index (χ3n) is 5.24. The van der Waals surface area contributed by atoms with Crippen LogP contribution in [0.2, 0.25) is 0 Å². The van der Waals surface area contributed by atoms with Crippen LogP contribution in [0.4, 0.5) is 8.78 Å². The highest BCUT2D eigenvalue weighted by Gasteiger charge is 2.28. The fourth-order valence-electron chi connectivity index (χ4n) is 3.70. The first-order valence-electron chi connectivity index (χ1n) is 9.15. The zero-order chi connectivity index (χ0) is 21.3. The number of hydrogen-bond donors (Lipinski definition) is 3. The van der Waals surface area contributed by atoms with Crippen molar-refractivity contribution in [3.63, 3.8) is 0 Å². The predicted molar refractivity (Wildman–Crippen MR) is 106 cm³/mol. The molecule has 9 heteroatoms. The van der Waals surface area contributed by atoms with Crippen molar-refractivity contribution < 1.29 is 13.6 Å². The molecule has 0 saturated carbocycles. The molecule has 1 atom stereocenters. The Morgan fingerprint density at radius 1 is 1.31 bits per heavy atom. The van der Waals surface area contributed by atoms with Crippen molar-refractivity contribution in [2.24, 2.45) is 17.3 Å². The molecule has 1 aromatic carbocycles. The smallest absolute Gasteiger partial charge is 0.267 e. The molecule has 0 aliphatic carbocycles. The van der Waals surface area contributed by atoms with Gasteiger partial charge in [0.2, 0.25) is 0 Å². The molecular weight excluding hydrogens is 378 g/mol. The highest BCUT2D eigenvalue weighted by molar-refractivity contribution is 5.92. The minimum Gasteiger partial charge on any atom is -0.403 e. The van der Waals surface area contributed by atoms with Gasteiger partial charge >= 0.3 is 0 Å². The zero-order valence-corrected chi connectivity index (χ0v) is 16.3. The molecule has 1 aromatic heterocycles. The third kappa shape index (κ3) is 4.06. The summed E-state index contributed by atoms with van der Waals surface area (Å²) in [7, 11) is 1.70. The summed E-state index contributed by atoms with van der Waals surface area (Å²) in [6.07, 6.45) is 2.01. The van der Waals surface area contributed by atoms with Gasteiger partial charge in [0.1, 0.15) is 17.3 Å². The predicted octanol–water partition coefficient (Wildman–Crippen LogP) is 1.48. The quantitative estimate of drug-likeness (QED) is 0.516. The average molecular weight is 402 g/mol. The van der Waals surface area contributed by atoms with E-state index in [1.165, 1.54) is 29.4 Å². The van der Waals surface area contributed by atoms with Gasteiger partial charge in [0, 0.05) is 38.0 Å². The minimum absolute atomic E-state index is 0.0301. The van der Waals surface area contributed by atoms with Gasteiger partial charge in [-0.05, 0) is 42.7 Å². The van der Waals surface area contributed by atoms with E-state index < -0.39 is 17.5 Å². The Morgan fingerprint density at radius 3 is 2.62 bits per heavy atom. The lowest BCUT2D eigenvalue weighted by Gasteiger charge is -2.36. The zero-order valence-electron chi connectivity index (χ0n) is 16.3. The van der Waals surface area contributed by atoms with Crippen LogP contribution in [0.1, 0.15) is 28.7 Å². The Kier molecular flexibility index (Phi) is 5.81. The topological polar surface area (TPSA) is 115 Å². The van der Waals surface area contributed by atoms with E-state index >= 15 is 0 Å². The maximum absolute atomic E-state index is 14.5. The molecule has 2 aromatic rings. The van der Waals surface area contributed by atoms with Crippen LogP contribution in [-0.2, 0) is 13.0 Å². The summed E-state index contributed by atoms with van der Waals surface area (Å²) in [5.41, 5.74) is 14.0. The van der Waals surface area contributed by atoms with Crippen LogP contribution < -0.4 is 17.3 Å². The van der Waals surface area contributed by atoms with Crippen LogP contribution in [0.15, 0.2) is 36.2 Å². The minimum atomic E-state index is -0.717. The second kappa shape index (κ2) is 8.14. The number of halogens is 2. The van der Waals surface area contributed by atoms with E-state index in [0.29, 0.717) is 30.8 Å². The molecule has 1 amide bonds. The molecule has 0 saturated heterocycles. The van der Waals surface area contributed by atoms with E-state index in [1.54, 1.807) is 7.05 Å². The van der Waals surface area contributed by atoms with Crippen molar-refractivity contribution in [1.29, 1.82) is 0 Å². The molecule has 0 radical (unpaired) electrons. The number of rotatable bonds is 5. The molecule has 154 valence electrons. The Hall–Kier alpha value is -3.04. The second-order valence-electron chi connectivity index (χ2n) is 7.07. The first-order chi connectivity index (χ1) is 13.7. The van der Waals surface area contributed by atoms with E-state index in [2.05, 4.69) is 9.88 Å². The standard InChI is InChI=1S/C20H24F2N6O/c1-11(19(9-23)27(2)25)28-6-5-14-15(13-4-3-12(21)7-16(13)22)8-17(20(24)29)26-18(14)10-28/h3-4,7-9,11H,5-6,10,23,25H2,1-2H3,(H2,24,29)/b19-9-/t11-/m1/s1. The fraction of sp³-hybridized carbons (Fsp3) is 0.300. The van der Waals surface area contributed by atoms with Gasteiger partial charge in [0.15, 0.2) is 0 Å². The third-order valence-corrected chi connectivity index (χ3v) is 5.24. The molecular formula is C20H24F2N6O. The summed E-state index contributed by atoms with van der Waals surface area (Å²) in [5.74, 6) is 3.76. The molecule has 7 nitrogen and oxygen atoms in total. The molecule has 1 aliphatic rings. The molecule has 0 fully saturated rings. The van der Waals surface area contributed by atoms with Crippen LogP contribution in [-0.4, -0.2) is 40.4 Å². The van der Waals surface area contributed by atoms with Gasteiger partial charge < -0.3 is 16.5 Å². The number of carbonyl (C=O) groups is 1.